The van der Waals surface area contributed by atoms with Crippen molar-refractivity contribution in [3.05, 3.63) is 90.0 Å². The van der Waals surface area contributed by atoms with Crippen LogP contribution < -0.4 is 11.2 Å². The highest BCUT2D eigenvalue weighted by atomic mass is 16.1. The third kappa shape index (κ3) is 5.12. The molecule has 27 heavy (non-hydrogen) atoms. The van der Waals surface area contributed by atoms with Crippen molar-refractivity contribution in [3.63, 3.8) is 0 Å². The molecule has 0 aliphatic heterocycles. The van der Waals surface area contributed by atoms with Crippen molar-refractivity contribution < 1.29 is 9.59 Å². The highest BCUT2D eigenvalue weighted by Crippen LogP contribution is 2.19. The Hall–Kier alpha value is -3.73. The first-order valence-corrected chi connectivity index (χ1v) is 8.48. The summed E-state index contributed by atoms with van der Waals surface area (Å²) in [5.74, 6) is -0.565. The molecule has 0 fully saturated rings. The number of hydrazone groups is 1. The number of Topliss-reactive ketones (excluding diaryl/α,β-unsaturated/α-hetero) is 1. The topological polar surface area (TPSA) is 84.6 Å². The van der Waals surface area contributed by atoms with Crippen LogP contribution in [0.25, 0.3) is 11.1 Å². The Bertz CT molecular complexity index is 947. The molecule has 3 aromatic rings. The van der Waals surface area contributed by atoms with Gasteiger partial charge in [-0.1, -0.05) is 66.7 Å². The number of carbonyl (C=O) groups is 2. The molecule has 0 aromatic heterocycles. The summed E-state index contributed by atoms with van der Waals surface area (Å²) in [4.78, 5) is 23.1. The van der Waals surface area contributed by atoms with Crippen LogP contribution in [-0.4, -0.2) is 17.9 Å². The lowest BCUT2D eigenvalue weighted by Crippen LogP contribution is -2.13. The molecule has 134 valence electrons. The second-order valence-electron chi connectivity index (χ2n) is 6.02. The van der Waals surface area contributed by atoms with Crippen LogP contribution in [0.5, 0.6) is 0 Å². The average Bonchev–Trinajstić information content (AvgIpc) is 2.69. The number of carbonyl (C=O) groups excluding carboxylic acids is 2. The summed E-state index contributed by atoms with van der Waals surface area (Å²) < 4.78 is 0. The maximum atomic E-state index is 12.2. The van der Waals surface area contributed by atoms with Crippen LogP contribution in [0.3, 0.4) is 0 Å². The molecule has 0 saturated carbocycles. The number of ketones is 1. The highest BCUT2D eigenvalue weighted by molar-refractivity contribution is 6.35. The minimum Gasteiger partial charge on any atom is -0.369 e. The molecule has 0 radical (unpaired) electrons. The lowest BCUT2D eigenvalue weighted by atomic mass is 10.0. The molecular formula is C22H19N3O2. The zero-order valence-corrected chi connectivity index (χ0v) is 14.6. The van der Waals surface area contributed by atoms with E-state index in [0.717, 1.165) is 16.7 Å². The lowest BCUT2D eigenvalue weighted by Gasteiger charge is -2.03. The van der Waals surface area contributed by atoms with Crippen molar-refractivity contribution in [2.45, 2.75) is 6.42 Å². The van der Waals surface area contributed by atoms with Gasteiger partial charge in [0, 0.05) is 5.56 Å². The Morgan fingerprint density at radius 2 is 1.48 bits per heavy atom. The Balaban J connectivity index is 1.59. The molecule has 5 nitrogen and oxygen atoms in total. The number of nitrogens with two attached hydrogens (primary N) is 1. The van der Waals surface area contributed by atoms with Crippen LogP contribution in [0.1, 0.15) is 15.9 Å². The standard InChI is InChI=1S/C22H19N3O2/c23-22(27)14-16-6-12-20(13-7-16)25-24-15-21(26)19-10-8-18(9-11-19)17-4-2-1-3-5-17/h1-13,15,25H,14H2,(H2,23,27)/b24-15+. The molecule has 3 N–H and O–H groups in total. The molecule has 0 unspecified atom stereocenters. The molecule has 5 heteroatoms. The lowest BCUT2D eigenvalue weighted by molar-refractivity contribution is -0.117. The van der Waals surface area contributed by atoms with Crippen LogP contribution in [-0.2, 0) is 11.2 Å². The first kappa shape index (κ1) is 18.1. The van der Waals surface area contributed by atoms with Crippen LogP contribution in [0, 0.1) is 0 Å². The fourth-order valence-electron chi connectivity index (χ4n) is 2.60. The molecule has 0 heterocycles. The number of nitrogens with one attached hydrogen (secondary N) is 1. The van der Waals surface area contributed by atoms with Gasteiger partial charge in [-0.05, 0) is 28.8 Å². The van der Waals surface area contributed by atoms with Crippen LogP contribution in [0.4, 0.5) is 5.69 Å². The highest BCUT2D eigenvalue weighted by Gasteiger charge is 2.04. The maximum Gasteiger partial charge on any atom is 0.221 e. The summed E-state index contributed by atoms with van der Waals surface area (Å²) in [7, 11) is 0. The van der Waals surface area contributed by atoms with E-state index in [2.05, 4.69) is 10.5 Å². The van der Waals surface area contributed by atoms with E-state index in [4.69, 9.17) is 5.73 Å². The van der Waals surface area contributed by atoms with E-state index in [1.807, 2.05) is 42.5 Å². The number of amides is 1. The molecule has 3 rings (SSSR count). The van der Waals surface area contributed by atoms with Crippen molar-refractivity contribution in [2.24, 2.45) is 10.8 Å². The summed E-state index contributed by atoms with van der Waals surface area (Å²) in [5.41, 5.74) is 12.2. The van der Waals surface area contributed by atoms with Gasteiger partial charge in [0.25, 0.3) is 0 Å². The van der Waals surface area contributed by atoms with Crippen molar-refractivity contribution >= 4 is 23.6 Å². The molecule has 1 amide bonds. The number of benzene rings is 3. The second-order valence-corrected chi connectivity index (χ2v) is 6.02. The zero-order valence-electron chi connectivity index (χ0n) is 14.6. The van der Waals surface area contributed by atoms with Gasteiger partial charge in [0.05, 0.1) is 18.3 Å². The van der Waals surface area contributed by atoms with Gasteiger partial charge < -0.3 is 5.73 Å². The van der Waals surface area contributed by atoms with Gasteiger partial charge in [0.2, 0.25) is 11.7 Å². The molecule has 0 aliphatic rings. The first-order valence-electron chi connectivity index (χ1n) is 8.48. The van der Waals surface area contributed by atoms with Crippen LogP contribution in [0.2, 0.25) is 0 Å². The number of hydrogen-bond donors (Lipinski definition) is 2. The maximum absolute atomic E-state index is 12.2. The quantitative estimate of drug-likeness (QED) is 0.384. The van der Waals surface area contributed by atoms with Gasteiger partial charge in [-0.25, -0.2) is 0 Å². The van der Waals surface area contributed by atoms with E-state index in [1.54, 1.807) is 36.4 Å². The normalized spacial score (nSPS) is 10.7. The largest absolute Gasteiger partial charge is 0.369 e. The number of anilines is 1. The summed E-state index contributed by atoms with van der Waals surface area (Å²) >= 11 is 0. The van der Waals surface area contributed by atoms with E-state index < -0.39 is 0 Å². The minimum atomic E-state index is -0.377. The number of primary amides is 1. The average molecular weight is 357 g/mol. The Kier molecular flexibility index (Phi) is 5.74. The molecule has 0 bridgehead atoms. The van der Waals surface area contributed by atoms with Crippen molar-refractivity contribution in [2.75, 3.05) is 5.43 Å². The van der Waals surface area contributed by atoms with Gasteiger partial charge in [-0.3, -0.25) is 15.0 Å². The molecule has 3 aromatic carbocycles. The smallest absolute Gasteiger partial charge is 0.221 e. The fourth-order valence-corrected chi connectivity index (χ4v) is 2.60. The number of hydrogen-bond acceptors (Lipinski definition) is 4. The molecule has 0 atom stereocenters. The van der Waals surface area contributed by atoms with Gasteiger partial charge in [-0.15, -0.1) is 0 Å². The Morgan fingerprint density at radius 1 is 0.852 bits per heavy atom. The van der Waals surface area contributed by atoms with E-state index in [1.165, 1.54) is 6.21 Å². The SMILES string of the molecule is NC(=O)Cc1ccc(N/N=C/C(=O)c2ccc(-c3ccccc3)cc2)cc1. The van der Waals surface area contributed by atoms with Gasteiger partial charge in [0.1, 0.15) is 0 Å². The van der Waals surface area contributed by atoms with Crippen LogP contribution >= 0.6 is 0 Å². The third-order valence-corrected chi connectivity index (χ3v) is 3.98. The monoisotopic (exact) mass is 357 g/mol. The van der Waals surface area contributed by atoms with Gasteiger partial charge in [0.15, 0.2) is 0 Å². The van der Waals surface area contributed by atoms with Gasteiger partial charge in [-0.2, -0.15) is 5.10 Å². The molecule has 0 aliphatic carbocycles. The molecular weight excluding hydrogens is 338 g/mol. The predicted molar refractivity (Wildman–Crippen MR) is 108 cm³/mol. The predicted octanol–water partition coefficient (Wildman–Crippen LogP) is 3.66. The number of nitrogens with zero attached hydrogens (tertiary/aromatic N) is 1. The van der Waals surface area contributed by atoms with Crippen molar-refractivity contribution in [1.82, 2.24) is 0 Å². The number of rotatable bonds is 7. The fraction of sp³-hybridized carbons (Fsp3) is 0.0455. The summed E-state index contributed by atoms with van der Waals surface area (Å²) in [5, 5.41) is 3.97. The zero-order chi connectivity index (χ0) is 19.1. The van der Waals surface area contributed by atoms with E-state index in [9.17, 15) is 9.59 Å². The Morgan fingerprint density at radius 3 is 2.11 bits per heavy atom. The van der Waals surface area contributed by atoms with Crippen molar-refractivity contribution in [1.29, 1.82) is 0 Å². The molecule has 0 spiro atoms. The Labute approximate surface area is 157 Å². The second kappa shape index (κ2) is 8.58. The van der Waals surface area contributed by atoms with E-state index in [0.29, 0.717) is 11.3 Å². The summed E-state index contributed by atoms with van der Waals surface area (Å²) in [6.45, 7) is 0. The molecule has 0 saturated heterocycles. The van der Waals surface area contributed by atoms with Gasteiger partial charge >= 0.3 is 0 Å². The minimum absolute atomic E-state index is 0.188. The van der Waals surface area contributed by atoms with Crippen LogP contribution in [0.15, 0.2) is 84.0 Å². The van der Waals surface area contributed by atoms with E-state index in [-0.39, 0.29) is 18.1 Å². The third-order valence-electron chi connectivity index (χ3n) is 3.98. The summed E-state index contributed by atoms with van der Waals surface area (Å²) in [6.07, 6.45) is 1.44. The summed E-state index contributed by atoms with van der Waals surface area (Å²) in [6, 6.07) is 24.5. The first-order chi connectivity index (χ1) is 13.1. The van der Waals surface area contributed by atoms with E-state index >= 15 is 0 Å². The van der Waals surface area contributed by atoms with Crippen molar-refractivity contribution in [3.8, 4) is 11.1 Å².